The van der Waals surface area contributed by atoms with Gasteiger partial charge in [0, 0.05) is 12.0 Å². The third-order valence-electron chi connectivity index (χ3n) is 6.41. The first-order valence-corrected chi connectivity index (χ1v) is 12.3. The van der Waals surface area contributed by atoms with Crippen LogP contribution in [0.4, 0.5) is 4.79 Å². The molecular weight excluding hydrogens is 444 g/mol. The number of amides is 2. The minimum absolute atomic E-state index is 0.0796. The maximum atomic E-state index is 13.1. The lowest BCUT2D eigenvalue weighted by molar-refractivity contribution is -0.138. The summed E-state index contributed by atoms with van der Waals surface area (Å²) in [6.07, 6.45) is 1.43. The van der Waals surface area contributed by atoms with Crippen LogP contribution in [0, 0.1) is 5.41 Å². The Morgan fingerprint density at radius 2 is 1.54 bits per heavy atom. The second-order valence-corrected chi connectivity index (χ2v) is 10.2. The van der Waals surface area contributed by atoms with Crippen LogP contribution in [0.1, 0.15) is 70.4 Å². The summed E-state index contributed by atoms with van der Waals surface area (Å²) < 4.78 is 5.63. The van der Waals surface area contributed by atoms with Gasteiger partial charge in [0.25, 0.3) is 0 Å². The highest BCUT2D eigenvalue weighted by Gasteiger charge is 2.35. The van der Waals surface area contributed by atoms with Crippen LogP contribution in [0.15, 0.2) is 48.5 Å². The number of aliphatic carboxylic acids is 1. The molecule has 1 aliphatic rings. The van der Waals surface area contributed by atoms with E-state index in [1.165, 1.54) is 0 Å². The van der Waals surface area contributed by atoms with Crippen LogP contribution >= 0.6 is 0 Å². The second kappa shape index (κ2) is 11.4. The van der Waals surface area contributed by atoms with Crippen LogP contribution in [0.25, 0.3) is 11.1 Å². The van der Waals surface area contributed by atoms with Gasteiger partial charge in [-0.25, -0.2) is 4.79 Å². The smallest absolute Gasteiger partial charge is 0.407 e. The molecule has 2 atom stereocenters. The molecule has 35 heavy (non-hydrogen) atoms. The molecule has 3 N–H and O–H groups in total. The van der Waals surface area contributed by atoms with Gasteiger partial charge >= 0.3 is 12.1 Å². The molecule has 0 saturated heterocycles. The van der Waals surface area contributed by atoms with Crippen LogP contribution in [0.2, 0.25) is 0 Å². The maximum Gasteiger partial charge on any atom is 0.407 e. The van der Waals surface area contributed by atoms with Gasteiger partial charge in [-0.1, -0.05) is 89.1 Å². The van der Waals surface area contributed by atoms with Gasteiger partial charge < -0.3 is 20.5 Å². The van der Waals surface area contributed by atoms with Gasteiger partial charge in [0.05, 0.1) is 6.42 Å². The topological polar surface area (TPSA) is 105 Å². The van der Waals surface area contributed by atoms with E-state index >= 15 is 0 Å². The number of hydrogen-bond donors (Lipinski definition) is 3. The lowest BCUT2D eigenvalue weighted by atomic mass is 9.86. The molecule has 2 aromatic rings. The number of ether oxygens (including phenoxy) is 1. The van der Waals surface area contributed by atoms with Gasteiger partial charge in [0.15, 0.2) is 0 Å². The Bertz CT molecular complexity index is 1010. The van der Waals surface area contributed by atoms with E-state index in [1.54, 1.807) is 0 Å². The van der Waals surface area contributed by atoms with Gasteiger partial charge in [0.1, 0.15) is 12.6 Å². The average molecular weight is 481 g/mol. The first kappa shape index (κ1) is 26.3. The Balaban J connectivity index is 1.67. The number of unbranched alkanes of at least 4 members (excludes halogenated alkanes) is 1. The van der Waals surface area contributed by atoms with Crippen molar-refractivity contribution in [3.63, 3.8) is 0 Å². The summed E-state index contributed by atoms with van der Waals surface area (Å²) in [5.74, 6) is -1.46. The lowest BCUT2D eigenvalue weighted by Crippen LogP contribution is -2.55. The molecule has 0 saturated carbocycles. The predicted octanol–water partition coefficient (Wildman–Crippen LogP) is 5.09. The summed E-state index contributed by atoms with van der Waals surface area (Å²) in [5, 5.41) is 14.8. The fourth-order valence-corrected chi connectivity index (χ4v) is 4.60. The molecular formula is C28H36N2O5. The van der Waals surface area contributed by atoms with Crippen molar-refractivity contribution in [3.05, 3.63) is 59.7 Å². The first-order valence-electron chi connectivity index (χ1n) is 12.3. The molecule has 2 aromatic carbocycles. The number of rotatable bonds is 10. The van der Waals surface area contributed by atoms with Crippen LogP contribution in [0.3, 0.4) is 0 Å². The molecule has 188 valence electrons. The standard InChI is InChI=1S/C28H36N2O5/c1-5-6-11-18(16-24(31)32)29-26(33)25(28(2,3)4)30-27(34)35-17-23-21-14-9-7-12-19(21)20-13-8-10-15-22(20)23/h7-10,12-15,18,23,25H,5-6,11,16-17H2,1-4H3,(H,29,33)(H,30,34)(H,31,32)/t18-,25?/m0/s1. The van der Waals surface area contributed by atoms with Crippen molar-refractivity contribution >= 4 is 18.0 Å². The highest BCUT2D eigenvalue weighted by molar-refractivity contribution is 5.87. The van der Waals surface area contributed by atoms with E-state index in [1.807, 2.05) is 64.1 Å². The maximum absolute atomic E-state index is 13.1. The van der Waals surface area contributed by atoms with Gasteiger partial charge in [-0.05, 0) is 34.1 Å². The van der Waals surface area contributed by atoms with Crippen LogP contribution in [0.5, 0.6) is 0 Å². The van der Waals surface area contributed by atoms with Crippen molar-refractivity contribution < 1.29 is 24.2 Å². The highest BCUT2D eigenvalue weighted by Crippen LogP contribution is 2.44. The van der Waals surface area contributed by atoms with Gasteiger partial charge in [0.2, 0.25) is 5.91 Å². The van der Waals surface area contributed by atoms with Crippen LogP contribution < -0.4 is 10.6 Å². The number of fused-ring (bicyclic) bond motifs is 3. The summed E-state index contributed by atoms with van der Waals surface area (Å²) >= 11 is 0. The predicted molar refractivity (Wildman–Crippen MR) is 135 cm³/mol. The Labute approximate surface area is 207 Å². The molecule has 7 nitrogen and oxygen atoms in total. The van der Waals surface area contributed by atoms with Crippen molar-refractivity contribution in [2.45, 2.75) is 71.4 Å². The Hall–Kier alpha value is -3.35. The van der Waals surface area contributed by atoms with Crippen molar-refractivity contribution in [3.8, 4) is 11.1 Å². The lowest BCUT2D eigenvalue weighted by Gasteiger charge is -2.31. The number of carboxylic acids is 1. The quantitative estimate of drug-likeness (QED) is 0.439. The first-order chi connectivity index (χ1) is 16.6. The number of benzene rings is 2. The zero-order valence-electron chi connectivity index (χ0n) is 21.0. The summed E-state index contributed by atoms with van der Waals surface area (Å²) in [6.45, 7) is 7.70. The van der Waals surface area contributed by atoms with Crippen molar-refractivity contribution in [1.29, 1.82) is 0 Å². The summed E-state index contributed by atoms with van der Waals surface area (Å²) in [6, 6.07) is 14.8. The third-order valence-corrected chi connectivity index (χ3v) is 6.41. The molecule has 0 spiro atoms. The van der Waals surface area contributed by atoms with Gasteiger partial charge in [-0.2, -0.15) is 0 Å². The fraction of sp³-hybridized carbons (Fsp3) is 0.464. The van der Waals surface area contributed by atoms with E-state index in [2.05, 4.69) is 22.8 Å². The number of nitrogens with one attached hydrogen (secondary N) is 2. The van der Waals surface area contributed by atoms with E-state index in [4.69, 9.17) is 4.74 Å². The molecule has 2 amide bonds. The highest BCUT2D eigenvalue weighted by atomic mass is 16.5. The SMILES string of the molecule is CCCC[C@@H](CC(=O)O)NC(=O)C(NC(=O)OCC1c2ccccc2-c2ccccc21)C(C)(C)C. The molecule has 1 unspecified atom stereocenters. The normalized spacial score (nSPS) is 14.4. The average Bonchev–Trinajstić information content (AvgIpc) is 3.12. The van der Waals surface area contributed by atoms with Crippen molar-refractivity contribution in [2.24, 2.45) is 5.41 Å². The Morgan fingerprint density at radius 3 is 2.06 bits per heavy atom. The fourth-order valence-electron chi connectivity index (χ4n) is 4.60. The Kier molecular flexibility index (Phi) is 8.54. The van der Waals surface area contributed by atoms with E-state index in [9.17, 15) is 19.5 Å². The number of carbonyl (C=O) groups excluding carboxylic acids is 2. The second-order valence-electron chi connectivity index (χ2n) is 10.2. The minimum Gasteiger partial charge on any atom is -0.481 e. The van der Waals surface area contributed by atoms with Crippen LogP contribution in [-0.4, -0.2) is 41.8 Å². The van der Waals surface area contributed by atoms with Gasteiger partial charge in [-0.3, -0.25) is 9.59 Å². The molecule has 0 aromatic heterocycles. The summed E-state index contributed by atoms with van der Waals surface area (Å²) in [5.41, 5.74) is 3.90. The molecule has 3 rings (SSSR count). The zero-order valence-corrected chi connectivity index (χ0v) is 21.0. The van der Waals surface area contributed by atoms with E-state index in [-0.39, 0.29) is 18.9 Å². The van der Waals surface area contributed by atoms with E-state index < -0.39 is 35.5 Å². The monoisotopic (exact) mass is 480 g/mol. The molecule has 0 fully saturated rings. The minimum atomic E-state index is -0.969. The molecule has 1 aliphatic carbocycles. The number of carboxylic acid groups (broad SMARTS) is 1. The summed E-state index contributed by atoms with van der Waals surface area (Å²) in [7, 11) is 0. The van der Waals surface area contributed by atoms with Crippen molar-refractivity contribution in [1.82, 2.24) is 10.6 Å². The Morgan fingerprint density at radius 1 is 0.971 bits per heavy atom. The molecule has 0 bridgehead atoms. The third kappa shape index (κ3) is 6.62. The number of carbonyl (C=O) groups is 3. The van der Waals surface area contributed by atoms with Crippen molar-refractivity contribution in [2.75, 3.05) is 6.61 Å². The van der Waals surface area contributed by atoms with E-state index in [0.29, 0.717) is 6.42 Å². The molecule has 0 heterocycles. The molecule has 0 aliphatic heterocycles. The largest absolute Gasteiger partial charge is 0.481 e. The molecule has 0 radical (unpaired) electrons. The zero-order chi connectivity index (χ0) is 25.6. The summed E-state index contributed by atoms with van der Waals surface area (Å²) in [4.78, 5) is 37.2. The molecule has 7 heteroatoms. The van der Waals surface area contributed by atoms with Gasteiger partial charge in [-0.15, -0.1) is 0 Å². The van der Waals surface area contributed by atoms with Crippen LogP contribution in [-0.2, 0) is 14.3 Å². The number of alkyl carbamates (subject to hydrolysis) is 1. The number of hydrogen-bond acceptors (Lipinski definition) is 4. The van der Waals surface area contributed by atoms with E-state index in [0.717, 1.165) is 35.1 Å².